The van der Waals surface area contributed by atoms with E-state index in [4.69, 9.17) is 28.4 Å². The van der Waals surface area contributed by atoms with Crippen LogP contribution >= 0.6 is 0 Å². The minimum atomic E-state index is -0.779. The Balaban J connectivity index is 0.000000226. The van der Waals surface area contributed by atoms with Crippen molar-refractivity contribution in [1.29, 1.82) is 0 Å². The highest BCUT2D eigenvalue weighted by atomic mass is 19.1. The molecule has 1 unspecified atom stereocenters. The molecule has 6 aromatic carbocycles. The van der Waals surface area contributed by atoms with Gasteiger partial charge in [0.2, 0.25) is 0 Å². The molecule has 6 aromatic rings. The number of halogens is 2. The number of aliphatic carboxylic acids is 2. The Labute approximate surface area is 460 Å². The van der Waals surface area contributed by atoms with Crippen molar-refractivity contribution in [3.63, 3.8) is 0 Å². The third kappa shape index (κ3) is 16.2. The van der Waals surface area contributed by atoms with Crippen molar-refractivity contribution in [1.82, 2.24) is 0 Å². The molecule has 2 fully saturated rings. The van der Waals surface area contributed by atoms with Gasteiger partial charge < -0.3 is 38.6 Å². The highest BCUT2D eigenvalue weighted by Crippen LogP contribution is 2.46. The summed E-state index contributed by atoms with van der Waals surface area (Å²) in [5.41, 5.74) is 7.51. The fourth-order valence-electron chi connectivity index (χ4n) is 10.6. The van der Waals surface area contributed by atoms with Gasteiger partial charge in [0.1, 0.15) is 47.8 Å². The normalized spacial score (nSPS) is 15.0. The van der Waals surface area contributed by atoms with Crippen LogP contribution in [0.4, 0.5) is 8.78 Å². The second-order valence-electron chi connectivity index (χ2n) is 23.2. The Bertz CT molecular complexity index is 2780. The second-order valence-corrected chi connectivity index (χ2v) is 23.2. The van der Waals surface area contributed by atoms with Crippen molar-refractivity contribution in [2.24, 2.45) is 22.7 Å². The van der Waals surface area contributed by atoms with E-state index in [0.717, 1.165) is 57.3 Å². The SMILES string of the molecule is COc1ccc(F)c(-c2ccc(COc3cccc(C(CC(=O)O)CC4CC4)c3)cc2[C@H](OC)C(C)(C)C)c1.COc1ccc(F)c(-c2ccc(COc3cccc([C@@H](CC(=O)O)CC4CC4)c3)cc2[C@@H](OC)C(C)(C)C)c1. The smallest absolute Gasteiger partial charge is 0.303 e. The zero-order chi connectivity index (χ0) is 56.3. The van der Waals surface area contributed by atoms with Crippen LogP contribution in [0.25, 0.3) is 22.3 Å². The van der Waals surface area contributed by atoms with E-state index in [9.17, 15) is 19.8 Å². The molecule has 4 atom stereocenters. The Morgan fingerprint density at radius 2 is 0.885 bits per heavy atom. The maximum atomic E-state index is 15.0. The van der Waals surface area contributed by atoms with Gasteiger partial charge in [0.05, 0.1) is 39.3 Å². The summed E-state index contributed by atoms with van der Waals surface area (Å²) in [6.45, 7) is 13.2. The monoisotopic (exact) mass is 1070 g/mol. The van der Waals surface area contributed by atoms with E-state index in [1.165, 1.54) is 37.8 Å². The van der Waals surface area contributed by atoms with Crippen LogP contribution in [0.1, 0.15) is 150 Å². The number of rotatable bonds is 24. The summed E-state index contributed by atoms with van der Waals surface area (Å²) >= 11 is 0. The highest BCUT2D eigenvalue weighted by Gasteiger charge is 2.33. The molecule has 2 aliphatic carbocycles. The summed E-state index contributed by atoms with van der Waals surface area (Å²) in [4.78, 5) is 23.0. The number of carboxylic acids is 2. The predicted octanol–water partition coefficient (Wildman–Crippen LogP) is 16.3. The minimum absolute atomic E-state index is 0.0172. The van der Waals surface area contributed by atoms with E-state index in [2.05, 4.69) is 41.5 Å². The number of carbonyl (C=O) groups is 2. The van der Waals surface area contributed by atoms with E-state index >= 15 is 8.78 Å². The highest BCUT2D eigenvalue weighted by molar-refractivity contribution is 5.72. The quantitative estimate of drug-likeness (QED) is 0.0604. The maximum Gasteiger partial charge on any atom is 0.303 e. The maximum absolute atomic E-state index is 15.0. The topological polar surface area (TPSA) is 130 Å². The summed E-state index contributed by atoms with van der Waals surface area (Å²) in [7, 11) is 6.48. The molecule has 0 bridgehead atoms. The third-order valence-electron chi connectivity index (χ3n) is 14.7. The first-order valence-corrected chi connectivity index (χ1v) is 27.1. The first-order valence-electron chi connectivity index (χ1n) is 27.1. The molecule has 2 aliphatic rings. The van der Waals surface area contributed by atoms with Crippen LogP contribution in [0.3, 0.4) is 0 Å². The van der Waals surface area contributed by atoms with Gasteiger partial charge in [-0.2, -0.15) is 0 Å². The molecule has 78 heavy (non-hydrogen) atoms. The Morgan fingerprint density at radius 3 is 1.21 bits per heavy atom. The van der Waals surface area contributed by atoms with Gasteiger partial charge in [-0.25, -0.2) is 8.78 Å². The fraction of sp³-hybridized carbons (Fsp3) is 0.424. The van der Waals surface area contributed by atoms with E-state index in [0.29, 0.717) is 59.2 Å². The lowest BCUT2D eigenvalue weighted by atomic mass is 9.81. The van der Waals surface area contributed by atoms with Crippen LogP contribution in [-0.4, -0.2) is 50.6 Å². The first kappa shape index (κ1) is 58.9. The number of ether oxygens (including phenoxy) is 6. The van der Waals surface area contributed by atoms with Crippen molar-refractivity contribution in [2.75, 3.05) is 28.4 Å². The lowest BCUT2D eigenvalue weighted by Gasteiger charge is -2.32. The molecular formula is C66H78F2O10. The standard InChI is InChI=1S/2C33H39FO5/c2*1-33(2,3)32(38-5)29-16-22(11-13-27(29)28-19-25(37-4)12-14-30(28)34)20-39-26-8-6-7-23(17-26)24(18-31(35)36)15-21-9-10-21/h2*6-8,11-14,16-17,19,21,24,32H,9-10,15,18,20H2,1-5H3,(H,35,36)/t24?,32-;24-,32-/m01/s1. The van der Waals surface area contributed by atoms with Gasteiger partial charge >= 0.3 is 11.9 Å². The van der Waals surface area contributed by atoms with Crippen LogP contribution in [0.15, 0.2) is 121 Å². The van der Waals surface area contributed by atoms with Crippen LogP contribution in [0.2, 0.25) is 0 Å². The van der Waals surface area contributed by atoms with Gasteiger partial charge in [-0.15, -0.1) is 0 Å². The van der Waals surface area contributed by atoms with Gasteiger partial charge in [-0.3, -0.25) is 9.59 Å². The molecular weight excluding hydrogens is 991 g/mol. The molecule has 10 nitrogen and oxygen atoms in total. The number of carboxylic acid groups (broad SMARTS) is 2. The molecule has 2 saturated carbocycles. The average Bonchev–Trinajstić information content (AvgIpc) is 4.46. The van der Waals surface area contributed by atoms with Crippen LogP contribution in [0.5, 0.6) is 23.0 Å². The number of methoxy groups -OCH3 is 4. The molecule has 416 valence electrons. The average molecular weight is 1070 g/mol. The van der Waals surface area contributed by atoms with Gasteiger partial charge in [0.15, 0.2) is 0 Å². The van der Waals surface area contributed by atoms with Crippen molar-refractivity contribution < 1.29 is 57.0 Å². The molecule has 0 saturated heterocycles. The lowest BCUT2D eigenvalue weighted by molar-refractivity contribution is -0.138. The molecule has 8 rings (SSSR count). The largest absolute Gasteiger partial charge is 0.497 e. The van der Waals surface area contributed by atoms with Crippen molar-refractivity contribution >= 4 is 11.9 Å². The molecule has 0 radical (unpaired) electrons. The summed E-state index contributed by atoms with van der Waals surface area (Å²) < 4.78 is 65.0. The molecule has 0 amide bonds. The fourth-order valence-corrected chi connectivity index (χ4v) is 10.6. The third-order valence-corrected chi connectivity index (χ3v) is 14.7. The summed E-state index contributed by atoms with van der Waals surface area (Å²) in [6.07, 6.45) is 6.18. The second kappa shape index (κ2) is 26.3. The number of hydrogen-bond donors (Lipinski definition) is 2. The number of benzene rings is 6. The van der Waals surface area contributed by atoms with Crippen molar-refractivity contribution in [3.8, 4) is 45.3 Å². The lowest BCUT2D eigenvalue weighted by Crippen LogP contribution is -2.21. The van der Waals surface area contributed by atoms with Gasteiger partial charge in [-0.05, 0) is 165 Å². The molecule has 0 aliphatic heterocycles. The molecule has 0 spiro atoms. The molecule has 2 N–H and O–H groups in total. The van der Waals surface area contributed by atoms with Gasteiger partial charge in [-0.1, -0.05) is 116 Å². The Morgan fingerprint density at radius 1 is 0.500 bits per heavy atom. The summed E-state index contributed by atoms with van der Waals surface area (Å²) in [5, 5.41) is 18.9. The van der Waals surface area contributed by atoms with Crippen molar-refractivity contribution in [3.05, 3.63) is 166 Å². The Hall–Kier alpha value is -6.76. The zero-order valence-corrected chi connectivity index (χ0v) is 47.0. The van der Waals surface area contributed by atoms with E-state index in [1.807, 2.05) is 84.9 Å². The van der Waals surface area contributed by atoms with Crippen LogP contribution in [0, 0.1) is 34.3 Å². The predicted molar refractivity (Wildman–Crippen MR) is 301 cm³/mol. The minimum Gasteiger partial charge on any atom is -0.497 e. The zero-order valence-electron chi connectivity index (χ0n) is 47.0. The van der Waals surface area contributed by atoms with E-state index in [1.54, 1.807) is 52.7 Å². The number of hydrogen-bond acceptors (Lipinski definition) is 8. The molecule has 0 aromatic heterocycles. The van der Waals surface area contributed by atoms with Crippen LogP contribution < -0.4 is 18.9 Å². The van der Waals surface area contributed by atoms with Crippen molar-refractivity contribution in [2.45, 2.75) is 130 Å². The summed E-state index contributed by atoms with van der Waals surface area (Å²) in [6, 6.07) is 36.8. The molecule has 12 heteroatoms. The van der Waals surface area contributed by atoms with Crippen LogP contribution in [-0.2, 0) is 32.3 Å². The van der Waals surface area contributed by atoms with E-state index in [-0.39, 0.29) is 59.3 Å². The summed E-state index contributed by atoms with van der Waals surface area (Å²) in [5.74, 6) is 1.56. The first-order chi connectivity index (χ1) is 37.2. The molecule has 0 heterocycles. The van der Waals surface area contributed by atoms with Gasteiger partial charge in [0, 0.05) is 25.3 Å². The van der Waals surface area contributed by atoms with E-state index < -0.39 is 11.9 Å². The Kier molecular flexibility index (Phi) is 19.8. The van der Waals surface area contributed by atoms with Gasteiger partial charge in [0.25, 0.3) is 0 Å².